The zero-order chi connectivity index (χ0) is 10.4. The van der Waals surface area contributed by atoms with Crippen molar-refractivity contribution in [2.75, 3.05) is 6.61 Å². The molecule has 0 heterocycles. The Morgan fingerprint density at radius 2 is 1.92 bits per heavy atom. The molecular formula is C8H14O5. The van der Waals surface area contributed by atoms with Crippen LogP contribution in [0.3, 0.4) is 0 Å². The predicted molar refractivity (Wildman–Crippen MR) is 43.9 cm³/mol. The van der Waals surface area contributed by atoms with Gasteiger partial charge in [0, 0.05) is 6.42 Å². The van der Waals surface area contributed by atoms with Crippen molar-refractivity contribution < 1.29 is 24.5 Å². The van der Waals surface area contributed by atoms with Crippen molar-refractivity contribution in [3.63, 3.8) is 0 Å². The third-order valence-electron chi connectivity index (χ3n) is 1.42. The molecule has 0 bridgehead atoms. The number of Topliss-reactive ketones (excluding diaryl/α,β-unsaturated/α-hetero) is 1. The molecule has 2 unspecified atom stereocenters. The summed E-state index contributed by atoms with van der Waals surface area (Å²) in [4.78, 5) is 21.6. The third kappa shape index (κ3) is 4.59. The Morgan fingerprint density at radius 3 is 2.31 bits per heavy atom. The molecule has 0 saturated carbocycles. The molecule has 0 fully saturated rings. The number of hydrogen-bond acceptors (Lipinski definition) is 5. The lowest BCUT2D eigenvalue weighted by Gasteiger charge is -2.09. The van der Waals surface area contributed by atoms with Crippen molar-refractivity contribution in [1.82, 2.24) is 0 Å². The Morgan fingerprint density at radius 1 is 1.38 bits per heavy atom. The zero-order valence-electron chi connectivity index (χ0n) is 7.69. The molecule has 13 heavy (non-hydrogen) atoms. The molecule has 0 aromatic heterocycles. The standard InChI is InChI=1S/C8H14O5/c1-3-13-8(12)7(11)4-6(10)5(2)9/h5,7,9,11H,3-4H2,1-2H3. The van der Waals surface area contributed by atoms with Crippen LogP contribution >= 0.6 is 0 Å². The molecule has 0 aromatic rings. The van der Waals surface area contributed by atoms with Crippen molar-refractivity contribution in [2.45, 2.75) is 32.5 Å². The number of carbonyl (C=O) groups excluding carboxylic acids is 2. The van der Waals surface area contributed by atoms with Crippen LogP contribution in [0.4, 0.5) is 0 Å². The van der Waals surface area contributed by atoms with Crippen molar-refractivity contribution in [3.8, 4) is 0 Å². The number of ketones is 1. The Bertz CT molecular complexity index is 187. The van der Waals surface area contributed by atoms with E-state index in [9.17, 15) is 9.59 Å². The second-order valence-electron chi connectivity index (χ2n) is 2.61. The quantitative estimate of drug-likeness (QED) is 0.557. The van der Waals surface area contributed by atoms with E-state index >= 15 is 0 Å². The third-order valence-corrected chi connectivity index (χ3v) is 1.42. The minimum absolute atomic E-state index is 0.152. The van der Waals surface area contributed by atoms with Gasteiger partial charge in [0.15, 0.2) is 11.9 Å². The van der Waals surface area contributed by atoms with Gasteiger partial charge in [0.25, 0.3) is 0 Å². The fourth-order valence-corrected chi connectivity index (χ4v) is 0.683. The molecule has 76 valence electrons. The van der Waals surface area contributed by atoms with Crippen LogP contribution in [0.15, 0.2) is 0 Å². The number of ether oxygens (including phenoxy) is 1. The van der Waals surface area contributed by atoms with Crippen LogP contribution in [0.1, 0.15) is 20.3 Å². The van der Waals surface area contributed by atoms with Gasteiger partial charge in [0.2, 0.25) is 0 Å². The Kier molecular flexibility index (Phi) is 5.25. The molecule has 0 aromatic carbocycles. The number of aliphatic hydroxyl groups is 2. The van der Waals surface area contributed by atoms with Gasteiger partial charge < -0.3 is 14.9 Å². The van der Waals surface area contributed by atoms with Crippen molar-refractivity contribution in [1.29, 1.82) is 0 Å². The molecule has 0 amide bonds. The van der Waals surface area contributed by atoms with Gasteiger partial charge in [-0.3, -0.25) is 4.79 Å². The van der Waals surface area contributed by atoms with Crippen LogP contribution in [-0.4, -0.2) is 40.8 Å². The molecule has 5 heteroatoms. The molecule has 2 atom stereocenters. The Balaban J connectivity index is 3.92. The van der Waals surface area contributed by atoms with Gasteiger partial charge in [-0.1, -0.05) is 0 Å². The highest BCUT2D eigenvalue weighted by Gasteiger charge is 2.21. The summed E-state index contributed by atoms with van der Waals surface area (Å²) in [5.74, 6) is -1.42. The summed E-state index contributed by atoms with van der Waals surface area (Å²) >= 11 is 0. The van der Waals surface area contributed by atoms with Crippen LogP contribution in [-0.2, 0) is 14.3 Å². The summed E-state index contributed by atoms with van der Waals surface area (Å²) in [6.45, 7) is 3.03. The summed E-state index contributed by atoms with van der Waals surface area (Å²) in [7, 11) is 0. The maximum atomic E-state index is 10.8. The summed E-state index contributed by atoms with van der Waals surface area (Å²) < 4.78 is 4.46. The summed E-state index contributed by atoms with van der Waals surface area (Å²) in [6, 6.07) is 0. The van der Waals surface area contributed by atoms with Gasteiger partial charge in [0.05, 0.1) is 6.61 Å². The molecule has 0 saturated heterocycles. The maximum absolute atomic E-state index is 10.8. The van der Waals surface area contributed by atoms with E-state index in [-0.39, 0.29) is 6.61 Å². The summed E-state index contributed by atoms with van der Waals surface area (Å²) in [6.07, 6.45) is -3.04. The van der Waals surface area contributed by atoms with Crippen LogP contribution in [0, 0.1) is 0 Å². The smallest absolute Gasteiger partial charge is 0.335 e. The fraction of sp³-hybridized carbons (Fsp3) is 0.750. The predicted octanol–water partition coefficient (Wildman–Crippen LogP) is -0.750. The first-order valence-electron chi connectivity index (χ1n) is 4.04. The van der Waals surface area contributed by atoms with Gasteiger partial charge in [-0.05, 0) is 13.8 Å². The van der Waals surface area contributed by atoms with Crippen molar-refractivity contribution >= 4 is 11.8 Å². The van der Waals surface area contributed by atoms with E-state index in [1.807, 2.05) is 0 Å². The summed E-state index contributed by atoms with van der Waals surface area (Å²) in [5, 5.41) is 17.8. The zero-order valence-corrected chi connectivity index (χ0v) is 7.69. The maximum Gasteiger partial charge on any atom is 0.335 e. The van der Waals surface area contributed by atoms with Gasteiger partial charge in [-0.25, -0.2) is 4.79 Å². The average Bonchev–Trinajstić information content (AvgIpc) is 2.04. The number of rotatable bonds is 5. The lowest BCUT2D eigenvalue weighted by atomic mass is 10.1. The monoisotopic (exact) mass is 190 g/mol. The Labute approximate surface area is 76.3 Å². The number of aliphatic hydroxyl groups excluding tert-OH is 2. The first kappa shape index (κ1) is 12.1. The SMILES string of the molecule is CCOC(=O)C(O)CC(=O)C(C)O. The van der Waals surface area contributed by atoms with Crippen LogP contribution in [0.2, 0.25) is 0 Å². The van der Waals surface area contributed by atoms with E-state index in [1.54, 1.807) is 6.92 Å². The molecule has 0 radical (unpaired) electrons. The summed E-state index contributed by atoms with van der Waals surface area (Å²) in [5.41, 5.74) is 0. The second kappa shape index (κ2) is 5.66. The lowest BCUT2D eigenvalue weighted by molar-refractivity contribution is -0.155. The van der Waals surface area contributed by atoms with E-state index in [4.69, 9.17) is 10.2 Å². The largest absolute Gasteiger partial charge is 0.464 e. The second-order valence-corrected chi connectivity index (χ2v) is 2.61. The minimum atomic E-state index is -1.47. The van der Waals surface area contributed by atoms with E-state index in [2.05, 4.69) is 4.74 Å². The first-order valence-corrected chi connectivity index (χ1v) is 4.04. The minimum Gasteiger partial charge on any atom is -0.464 e. The van der Waals surface area contributed by atoms with E-state index in [0.29, 0.717) is 0 Å². The Hall–Kier alpha value is -0.940. The molecule has 0 aliphatic heterocycles. The molecule has 2 N–H and O–H groups in total. The normalized spacial score (nSPS) is 14.8. The van der Waals surface area contributed by atoms with Crippen molar-refractivity contribution in [3.05, 3.63) is 0 Å². The molecule has 0 aliphatic carbocycles. The van der Waals surface area contributed by atoms with Crippen LogP contribution in [0.5, 0.6) is 0 Å². The number of esters is 1. The van der Waals surface area contributed by atoms with Crippen LogP contribution in [0.25, 0.3) is 0 Å². The number of carbonyl (C=O) groups is 2. The topological polar surface area (TPSA) is 83.8 Å². The van der Waals surface area contributed by atoms with Crippen molar-refractivity contribution in [2.24, 2.45) is 0 Å². The first-order chi connectivity index (χ1) is 5.99. The van der Waals surface area contributed by atoms with E-state index in [0.717, 1.165) is 0 Å². The lowest BCUT2D eigenvalue weighted by Crippen LogP contribution is -2.29. The molecule has 0 rings (SSSR count). The van der Waals surface area contributed by atoms with Gasteiger partial charge in [-0.2, -0.15) is 0 Å². The fourth-order valence-electron chi connectivity index (χ4n) is 0.683. The molecule has 0 spiro atoms. The average molecular weight is 190 g/mol. The van der Waals surface area contributed by atoms with E-state index < -0.39 is 30.4 Å². The highest BCUT2D eigenvalue weighted by molar-refractivity contribution is 5.88. The number of hydrogen-bond donors (Lipinski definition) is 2. The van der Waals surface area contributed by atoms with Gasteiger partial charge >= 0.3 is 5.97 Å². The van der Waals surface area contributed by atoms with Gasteiger partial charge in [0.1, 0.15) is 6.10 Å². The van der Waals surface area contributed by atoms with E-state index in [1.165, 1.54) is 6.92 Å². The van der Waals surface area contributed by atoms with Crippen LogP contribution < -0.4 is 0 Å². The highest BCUT2D eigenvalue weighted by atomic mass is 16.5. The molecular weight excluding hydrogens is 176 g/mol. The molecule has 5 nitrogen and oxygen atoms in total. The van der Waals surface area contributed by atoms with Gasteiger partial charge in [-0.15, -0.1) is 0 Å². The highest BCUT2D eigenvalue weighted by Crippen LogP contribution is 1.99. The molecule has 0 aliphatic rings.